The zero-order valence-corrected chi connectivity index (χ0v) is 17.4. The molecule has 0 radical (unpaired) electrons. The molecular weight excluding hydrogens is 418 g/mol. The summed E-state index contributed by atoms with van der Waals surface area (Å²) in [5.41, 5.74) is 4.47. The van der Waals surface area contributed by atoms with Crippen LogP contribution in [-0.2, 0) is 0 Å². The highest BCUT2D eigenvalue weighted by Crippen LogP contribution is 2.46. The van der Waals surface area contributed by atoms with Gasteiger partial charge in [-0.05, 0) is 51.4 Å². The van der Waals surface area contributed by atoms with Gasteiger partial charge in [0.05, 0.1) is 5.69 Å². The first-order valence-corrected chi connectivity index (χ1v) is 10.7. The molecule has 1 N–H and O–H groups in total. The molecule has 0 bridgehead atoms. The third-order valence-electron chi connectivity index (χ3n) is 4.98. The van der Waals surface area contributed by atoms with Crippen LogP contribution in [0.15, 0.2) is 98.2 Å². The van der Waals surface area contributed by atoms with Gasteiger partial charge in [0.2, 0.25) is 5.69 Å². The van der Waals surface area contributed by atoms with Crippen LogP contribution in [0, 0.1) is 0 Å². The molecule has 5 rings (SSSR count). The summed E-state index contributed by atoms with van der Waals surface area (Å²) in [6, 6.07) is 24.0. The Morgan fingerprint density at radius 2 is 1.80 bits per heavy atom. The summed E-state index contributed by atoms with van der Waals surface area (Å²) in [5, 5.41) is 3.48. The normalized spacial score (nSPS) is 15.9. The number of nitrogens with one attached hydrogen (secondary N) is 1. The Bertz CT molecular complexity index is 1290. The number of fused-ring (bicyclic) bond motifs is 1. The summed E-state index contributed by atoms with van der Waals surface area (Å²) < 4.78 is 6.28. The highest BCUT2D eigenvalue weighted by molar-refractivity contribution is 7.99. The number of nitrogens with zero attached hydrogens (tertiary/aromatic N) is 2. The maximum absolute atomic E-state index is 11.3. The summed E-state index contributed by atoms with van der Waals surface area (Å²) in [7, 11) is 0. The van der Waals surface area contributed by atoms with E-state index in [1.807, 2.05) is 60.7 Å². The molecule has 1 unspecified atom stereocenters. The Morgan fingerprint density at radius 1 is 1.03 bits per heavy atom. The molecule has 2 heterocycles. The summed E-state index contributed by atoms with van der Waals surface area (Å²) in [6.07, 6.45) is 2.11. The quantitative estimate of drug-likeness (QED) is 0.447. The van der Waals surface area contributed by atoms with Gasteiger partial charge in [0, 0.05) is 39.4 Å². The average molecular weight is 435 g/mol. The second kappa shape index (κ2) is 7.97. The first kappa shape index (κ1) is 18.9. The zero-order chi connectivity index (χ0) is 20.5. The van der Waals surface area contributed by atoms with Gasteiger partial charge in [-0.25, -0.2) is 4.79 Å². The molecule has 3 aromatic carbocycles. The van der Waals surface area contributed by atoms with E-state index >= 15 is 0 Å². The van der Waals surface area contributed by atoms with E-state index in [4.69, 9.17) is 21.1 Å². The number of para-hydroxylation sites is 1. The smallest absolute Gasteiger partial charge is 0.283 e. The van der Waals surface area contributed by atoms with Gasteiger partial charge in [-0.15, -0.1) is 11.8 Å². The second-order valence-corrected chi connectivity index (χ2v) is 8.57. The van der Waals surface area contributed by atoms with E-state index in [0.29, 0.717) is 0 Å². The lowest BCUT2D eigenvalue weighted by atomic mass is 10.0. The Labute approximate surface area is 182 Å². The first-order chi connectivity index (χ1) is 14.7. The molecule has 148 valence electrons. The minimum atomic E-state index is -0.427. The predicted octanol–water partition coefficient (Wildman–Crippen LogP) is 5.26. The molecule has 30 heavy (non-hydrogen) atoms. The van der Waals surface area contributed by atoms with Crippen LogP contribution in [0.2, 0.25) is 5.02 Å². The molecule has 1 aliphatic rings. The predicted molar refractivity (Wildman–Crippen MR) is 118 cm³/mol. The Balaban J connectivity index is 1.55. The molecule has 1 aromatic heterocycles. The summed E-state index contributed by atoms with van der Waals surface area (Å²) >= 11 is 8.32. The lowest BCUT2D eigenvalue weighted by Crippen LogP contribution is -2.32. The van der Waals surface area contributed by atoms with Crippen LogP contribution in [0.4, 0.5) is 5.69 Å². The van der Waals surface area contributed by atoms with Crippen molar-refractivity contribution in [2.24, 2.45) is 4.99 Å². The largest absolute Gasteiger partial charge is 0.427 e. The van der Waals surface area contributed by atoms with Crippen LogP contribution in [0.3, 0.4) is 0 Å². The maximum Gasteiger partial charge on any atom is 0.427 e. The van der Waals surface area contributed by atoms with Crippen molar-refractivity contribution >= 4 is 34.8 Å². The highest BCUT2D eigenvalue weighted by Gasteiger charge is 2.24. The van der Waals surface area contributed by atoms with Gasteiger partial charge in [0.1, 0.15) is 0 Å². The van der Waals surface area contributed by atoms with E-state index in [1.165, 1.54) is 6.20 Å². The molecule has 5 nitrogen and oxygen atoms in total. The van der Waals surface area contributed by atoms with Crippen molar-refractivity contribution in [3.05, 3.63) is 106 Å². The number of thioether (sulfide) groups is 1. The fourth-order valence-corrected chi connectivity index (χ4v) is 5.10. The molecule has 0 amide bonds. The molecule has 1 atom stereocenters. The van der Waals surface area contributed by atoms with Crippen LogP contribution in [-0.4, -0.2) is 11.0 Å². The van der Waals surface area contributed by atoms with Crippen molar-refractivity contribution in [2.45, 2.75) is 16.6 Å². The molecule has 1 aliphatic heterocycles. The van der Waals surface area contributed by atoms with Crippen molar-refractivity contribution in [3.8, 4) is 5.69 Å². The number of aromatic amines is 1. The minimum absolute atomic E-state index is 0.153. The van der Waals surface area contributed by atoms with Gasteiger partial charge in [-0.3, -0.25) is 9.52 Å². The third-order valence-corrected chi connectivity index (χ3v) is 6.63. The van der Waals surface area contributed by atoms with E-state index in [1.54, 1.807) is 16.4 Å². The minimum Gasteiger partial charge on any atom is -0.283 e. The number of halogens is 1. The SMILES string of the molecule is O=c1c[n+](-c2ccc(C3=Nc4ccccc4SC(c4ccccc4Cl)C3)cc2)[nH]o1. The maximum atomic E-state index is 11.3. The standard InChI is InChI=1S/C23H16ClN3O2S/c24-18-6-2-1-5-17(18)22-13-20(25-19-7-3-4-8-21(19)30-22)15-9-11-16(12-10-15)27-14-23(28)29-26-27/h1-12,14,22H,13H2/p+1. The number of hydrogen-bond acceptors (Lipinski definition) is 4. The highest BCUT2D eigenvalue weighted by atomic mass is 35.5. The van der Waals surface area contributed by atoms with Crippen LogP contribution >= 0.6 is 23.4 Å². The molecular formula is C23H17ClN3O2S+. The fourth-order valence-electron chi connectivity index (χ4n) is 3.50. The molecule has 0 saturated carbocycles. The Hall–Kier alpha value is -3.09. The van der Waals surface area contributed by atoms with E-state index in [2.05, 4.69) is 17.4 Å². The van der Waals surface area contributed by atoms with Crippen molar-refractivity contribution in [3.63, 3.8) is 0 Å². The molecule has 0 spiro atoms. The lowest BCUT2D eigenvalue weighted by molar-refractivity contribution is -0.670. The third kappa shape index (κ3) is 3.72. The average Bonchev–Trinajstić information content (AvgIpc) is 3.11. The van der Waals surface area contributed by atoms with Gasteiger partial charge < -0.3 is 0 Å². The fraction of sp³-hybridized carbons (Fsp3) is 0.0870. The van der Waals surface area contributed by atoms with Crippen molar-refractivity contribution in [2.75, 3.05) is 0 Å². The van der Waals surface area contributed by atoms with Crippen molar-refractivity contribution in [1.29, 1.82) is 0 Å². The van der Waals surface area contributed by atoms with E-state index < -0.39 is 5.63 Å². The zero-order valence-electron chi connectivity index (χ0n) is 15.8. The Morgan fingerprint density at radius 3 is 2.57 bits per heavy atom. The number of hydrogen-bond donors (Lipinski definition) is 1. The van der Waals surface area contributed by atoms with Crippen LogP contribution in [0.1, 0.15) is 22.8 Å². The van der Waals surface area contributed by atoms with Gasteiger partial charge >= 0.3 is 5.63 Å². The van der Waals surface area contributed by atoms with Gasteiger partial charge in [0.15, 0.2) is 0 Å². The van der Waals surface area contributed by atoms with Crippen LogP contribution in [0.25, 0.3) is 5.69 Å². The van der Waals surface area contributed by atoms with Crippen molar-refractivity contribution in [1.82, 2.24) is 5.27 Å². The summed E-state index contributed by atoms with van der Waals surface area (Å²) in [6.45, 7) is 0. The second-order valence-electron chi connectivity index (χ2n) is 6.92. The van der Waals surface area contributed by atoms with E-state index in [9.17, 15) is 4.79 Å². The number of rotatable bonds is 3. The molecule has 0 aliphatic carbocycles. The van der Waals surface area contributed by atoms with Crippen molar-refractivity contribution < 1.29 is 9.20 Å². The first-order valence-electron chi connectivity index (χ1n) is 9.46. The number of H-pyrrole nitrogens is 1. The van der Waals surface area contributed by atoms with E-state index in [-0.39, 0.29) is 5.25 Å². The van der Waals surface area contributed by atoms with Gasteiger partial charge in [0.25, 0.3) is 6.20 Å². The molecule has 4 aromatic rings. The monoisotopic (exact) mass is 434 g/mol. The molecule has 0 saturated heterocycles. The number of aliphatic imine (C=N–C) groups is 1. The number of aromatic nitrogens is 2. The van der Waals surface area contributed by atoms with Crippen LogP contribution < -0.4 is 10.3 Å². The van der Waals surface area contributed by atoms with Crippen LogP contribution in [0.5, 0.6) is 0 Å². The summed E-state index contributed by atoms with van der Waals surface area (Å²) in [5.74, 6) is 0. The van der Waals surface area contributed by atoms with E-state index in [0.717, 1.165) is 44.6 Å². The lowest BCUT2D eigenvalue weighted by Gasteiger charge is -2.17. The number of benzene rings is 3. The molecule has 7 heteroatoms. The van der Waals surface area contributed by atoms with Gasteiger partial charge in [-0.2, -0.15) is 0 Å². The summed E-state index contributed by atoms with van der Waals surface area (Å²) in [4.78, 5) is 17.4. The molecule has 0 fully saturated rings. The topological polar surface area (TPSA) is 62.2 Å². The Kier molecular flexibility index (Phi) is 5.02. The van der Waals surface area contributed by atoms with Gasteiger partial charge in [-0.1, -0.05) is 41.9 Å².